The van der Waals surface area contributed by atoms with E-state index in [1.54, 1.807) is 41.5 Å². The maximum Gasteiger partial charge on any atom is 0.311 e. The van der Waals surface area contributed by atoms with E-state index in [1.807, 2.05) is 32.8 Å². The van der Waals surface area contributed by atoms with Crippen LogP contribution in [0.4, 0.5) is 0 Å². The van der Waals surface area contributed by atoms with Crippen LogP contribution in [0.25, 0.3) is 0 Å². The molecular weight excluding hydrogens is 652 g/mol. The van der Waals surface area contributed by atoms with Gasteiger partial charge in [-0.05, 0) is 94.8 Å². The molecule has 0 saturated carbocycles. The average molecular weight is 721 g/mol. The third-order valence-corrected chi connectivity index (χ3v) is 11.6. The largest absolute Gasteiger partial charge is 0.459 e. The molecule has 3 fully saturated rings. The van der Waals surface area contributed by atoms with Crippen molar-refractivity contribution in [2.24, 2.45) is 17.8 Å². The number of nitrogens with zero attached hydrogens (tertiary/aromatic N) is 1. The summed E-state index contributed by atoms with van der Waals surface area (Å²) in [6.45, 7) is 17.5. The molecule has 18 atom stereocenters. The van der Waals surface area contributed by atoms with Crippen LogP contribution in [0, 0.1) is 17.8 Å². The lowest BCUT2D eigenvalue weighted by Crippen LogP contribution is -2.60. The number of hydrogen-bond donors (Lipinski definition) is 6. The van der Waals surface area contributed by atoms with E-state index >= 15 is 0 Å². The number of aliphatic hydroxyl groups is 5. The van der Waals surface area contributed by atoms with Gasteiger partial charge in [0.2, 0.25) is 0 Å². The van der Waals surface area contributed by atoms with Crippen LogP contribution in [-0.2, 0) is 33.2 Å². The molecule has 14 nitrogen and oxygen atoms in total. The van der Waals surface area contributed by atoms with E-state index in [4.69, 9.17) is 28.4 Å². The number of esters is 1. The fourth-order valence-electron chi connectivity index (χ4n) is 7.95. The van der Waals surface area contributed by atoms with E-state index in [2.05, 4.69) is 5.32 Å². The summed E-state index contributed by atoms with van der Waals surface area (Å²) >= 11 is 0. The topological polar surface area (TPSA) is 189 Å². The van der Waals surface area contributed by atoms with Crippen molar-refractivity contribution < 1.29 is 58.7 Å². The summed E-state index contributed by atoms with van der Waals surface area (Å²) in [5, 5.41) is 60.5. The van der Waals surface area contributed by atoms with Crippen LogP contribution in [0.2, 0.25) is 0 Å². The lowest BCUT2D eigenvalue weighted by atomic mass is 9.77. The second-order valence-electron chi connectivity index (χ2n) is 16.4. The first-order valence-corrected chi connectivity index (χ1v) is 18.2. The second-order valence-corrected chi connectivity index (χ2v) is 16.4. The molecule has 3 aliphatic heterocycles. The Kier molecular flexibility index (Phi) is 14.7. The van der Waals surface area contributed by atoms with Gasteiger partial charge in [-0.2, -0.15) is 0 Å². The third kappa shape index (κ3) is 9.74. The van der Waals surface area contributed by atoms with Crippen LogP contribution in [0.5, 0.6) is 0 Å². The van der Waals surface area contributed by atoms with Crippen LogP contribution in [-0.4, -0.2) is 154 Å². The molecule has 0 amide bonds. The first kappa shape index (κ1) is 43.4. The van der Waals surface area contributed by atoms with Gasteiger partial charge < -0.3 is 64.2 Å². The number of cyclic esters (lactones) is 1. The molecule has 3 saturated heterocycles. The Hall–Kier alpha value is -1.01. The molecule has 0 aromatic carbocycles. The first-order chi connectivity index (χ1) is 23.0. The van der Waals surface area contributed by atoms with Gasteiger partial charge in [-0.3, -0.25) is 4.79 Å². The number of carbonyl (C=O) groups excluding carboxylic acids is 1. The number of hydrogen-bond acceptors (Lipinski definition) is 14. The Bertz CT molecular complexity index is 1100. The Labute approximate surface area is 299 Å². The van der Waals surface area contributed by atoms with Crippen molar-refractivity contribution in [2.75, 3.05) is 27.7 Å². The molecule has 0 bridgehead atoms. The molecule has 3 rings (SSSR count). The maximum atomic E-state index is 14.0. The fraction of sp³-hybridized carbons (Fsp3) is 0.972. The zero-order valence-corrected chi connectivity index (χ0v) is 32.5. The number of methoxy groups -OCH3 is 1. The minimum atomic E-state index is -1.81. The first-order valence-electron chi connectivity index (χ1n) is 18.2. The Balaban J connectivity index is 2.13. The predicted octanol–water partition coefficient (Wildman–Crippen LogP) is 1.17. The van der Waals surface area contributed by atoms with Crippen molar-refractivity contribution in [2.45, 2.75) is 179 Å². The summed E-state index contributed by atoms with van der Waals surface area (Å²) in [4.78, 5) is 15.9. The highest BCUT2D eigenvalue weighted by Gasteiger charge is 2.52. The number of nitrogens with one attached hydrogen (secondary N) is 1. The molecule has 14 heteroatoms. The van der Waals surface area contributed by atoms with Gasteiger partial charge in [-0.1, -0.05) is 13.8 Å². The molecule has 50 heavy (non-hydrogen) atoms. The molecule has 0 aromatic heterocycles. The summed E-state index contributed by atoms with van der Waals surface area (Å²) in [7, 11) is 5.26. The third-order valence-electron chi connectivity index (χ3n) is 11.6. The molecule has 294 valence electrons. The number of carbonyl (C=O) groups is 1. The molecule has 0 unspecified atom stereocenters. The second kappa shape index (κ2) is 17.0. The van der Waals surface area contributed by atoms with Crippen molar-refractivity contribution in [1.29, 1.82) is 0 Å². The number of rotatable bonds is 6. The quantitative estimate of drug-likeness (QED) is 0.215. The van der Waals surface area contributed by atoms with Crippen LogP contribution in [0.1, 0.15) is 88.5 Å². The van der Waals surface area contributed by atoms with Crippen LogP contribution >= 0.6 is 0 Å². The van der Waals surface area contributed by atoms with Gasteiger partial charge in [0.1, 0.15) is 30.0 Å². The van der Waals surface area contributed by atoms with Crippen molar-refractivity contribution in [1.82, 2.24) is 10.2 Å². The summed E-state index contributed by atoms with van der Waals surface area (Å²) in [5.41, 5.74) is -4.38. The van der Waals surface area contributed by atoms with Gasteiger partial charge >= 0.3 is 5.97 Å². The number of aliphatic hydroxyl groups excluding tert-OH is 3. The van der Waals surface area contributed by atoms with Crippen LogP contribution in [0.15, 0.2) is 0 Å². The Morgan fingerprint density at radius 3 is 2.10 bits per heavy atom. The standard InChI is InChI=1S/C36H68N2O12/c1-18-15-34(8,43)31(50-33-27(39)25(38(11)12)14-19(2)46-33)20(3)28(49-26-16-35(9,45-13)30(41)23(6)47-26)21(4)32(42)48-24(7)36(10,44)29(40)22(5)37-17-18/h18-31,33,37,39-41,43-44H,14-17H2,1-13H3/t18-,19-,20+,21-,22-,23+,24-,25+,26+,27-,28+,29-,30+,31-,33-,34-,35-,36-/m1/s1. The van der Waals surface area contributed by atoms with Crippen LogP contribution in [0.3, 0.4) is 0 Å². The zero-order valence-electron chi connectivity index (χ0n) is 32.5. The highest BCUT2D eigenvalue weighted by Crippen LogP contribution is 2.39. The minimum Gasteiger partial charge on any atom is -0.459 e. The normalized spacial score (nSPS) is 50.7. The average Bonchev–Trinajstić information content (AvgIpc) is 3.03. The minimum absolute atomic E-state index is 0.131. The van der Waals surface area contributed by atoms with Gasteiger partial charge in [-0.15, -0.1) is 0 Å². The Morgan fingerprint density at radius 1 is 0.900 bits per heavy atom. The lowest BCUT2D eigenvalue weighted by Gasteiger charge is -2.48. The Morgan fingerprint density at radius 2 is 1.52 bits per heavy atom. The van der Waals surface area contributed by atoms with Gasteiger partial charge in [0.15, 0.2) is 12.6 Å². The highest BCUT2D eigenvalue weighted by molar-refractivity contribution is 5.73. The number of ether oxygens (including phenoxy) is 6. The van der Waals surface area contributed by atoms with Crippen molar-refractivity contribution in [3.05, 3.63) is 0 Å². The van der Waals surface area contributed by atoms with Crippen molar-refractivity contribution in [3.63, 3.8) is 0 Å². The van der Waals surface area contributed by atoms with E-state index in [1.165, 1.54) is 21.0 Å². The smallest absolute Gasteiger partial charge is 0.311 e. The van der Waals surface area contributed by atoms with Gasteiger partial charge in [0, 0.05) is 31.5 Å². The van der Waals surface area contributed by atoms with Crippen molar-refractivity contribution >= 4 is 5.97 Å². The lowest BCUT2D eigenvalue weighted by molar-refractivity contribution is -0.318. The van der Waals surface area contributed by atoms with Crippen molar-refractivity contribution in [3.8, 4) is 0 Å². The number of likely N-dealkylation sites (N-methyl/N-ethyl adjacent to an activating group) is 1. The molecule has 0 spiro atoms. The molecule has 3 heterocycles. The summed E-state index contributed by atoms with van der Waals surface area (Å²) < 4.78 is 37.1. The van der Waals surface area contributed by atoms with E-state index in [-0.39, 0.29) is 30.9 Å². The predicted molar refractivity (Wildman–Crippen MR) is 185 cm³/mol. The fourth-order valence-corrected chi connectivity index (χ4v) is 7.95. The summed E-state index contributed by atoms with van der Waals surface area (Å²) in [5.74, 6) is -2.62. The molecule has 0 aromatic rings. The van der Waals surface area contributed by atoms with E-state index in [0.29, 0.717) is 13.0 Å². The van der Waals surface area contributed by atoms with Gasteiger partial charge in [-0.25, -0.2) is 0 Å². The van der Waals surface area contributed by atoms with Gasteiger partial charge in [0.05, 0.1) is 41.5 Å². The summed E-state index contributed by atoms with van der Waals surface area (Å²) in [6.07, 6.45) is -8.50. The molecule has 3 aliphatic rings. The molecular formula is C36H68N2O12. The SMILES string of the molecule is CO[C@]1(C)C[C@H](O[C@H]2[C@H](C)[C@@H](O[C@H]3O[C@H](C)C[C@H](N(C)C)[C@H]3O)[C@](C)(O)C[C@@H](C)CN[C@H](C)[C@@H](O)[C@](C)(O)[C@@H](C)OC(=O)[C@@H]2C)O[C@@H](C)[C@@H]1O. The molecule has 6 N–H and O–H groups in total. The summed E-state index contributed by atoms with van der Waals surface area (Å²) in [6, 6.07) is -0.859. The van der Waals surface area contributed by atoms with E-state index in [0.717, 1.165) is 0 Å². The van der Waals surface area contributed by atoms with Gasteiger partial charge in [0.25, 0.3) is 0 Å². The zero-order chi connectivity index (χ0) is 38.1. The highest BCUT2D eigenvalue weighted by atomic mass is 16.7. The maximum absolute atomic E-state index is 14.0. The molecule has 0 radical (unpaired) electrons. The van der Waals surface area contributed by atoms with E-state index < -0.39 is 96.0 Å². The monoisotopic (exact) mass is 720 g/mol. The molecule has 0 aliphatic carbocycles. The van der Waals surface area contributed by atoms with Crippen LogP contribution < -0.4 is 5.32 Å². The van der Waals surface area contributed by atoms with E-state index in [9.17, 15) is 30.3 Å².